The molecule has 94 valence electrons. The molecule has 0 aliphatic rings. The van der Waals surface area contributed by atoms with Gasteiger partial charge in [-0.1, -0.05) is 27.2 Å². The fourth-order valence-electron chi connectivity index (χ4n) is 1.27. The van der Waals surface area contributed by atoms with Gasteiger partial charge in [-0.2, -0.15) is 5.10 Å². The molecular formula is C12H24N2O2. The van der Waals surface area contributed by atoms with Crippen molar-refractivity contribution in [3.8, 4) is 0 Å². The predicted molar refractivity (Wildman–Crippen MR) is 66.6 cm³/mol. The van der Waals surface area contributed by atoms with Gasteiger partial charge in [0.1, 0.15) is 5.60 Å². The third kappa shape index (κ3) is 8.26. The Morgan fingerprint density at radius 3 is 2.31 bits per heavy atom. The number of carbonyl (C=O) groups is 1. The minimum absolute atomic E-state index is 0.00373. The molecule has 0 atom stereocenters. The van der Waals surface area contributed by atoms with Crippen LogP contribution < -0.4 is 5.43 Å². The molecule has 0 saturated heterocycles. The summed E-state index contributed by atoms with van der Waals surface area (Å²) in [6.45, 7) is 11.7. The van der Waals surface area contributed by atoms with Crippen LogP contribution in [0.3, 0.4) is 0 Å². The molecule has 0 aliphatic heterocycles. The van der Waals surface area contributed by atoms with E-state index in [4.69, 9.17) is 4.74 Å². The van der Waals surface area contributed by atoms with Crippen molar-refractivity contribution in [1.29, 1.82) is 0 Å². The number of nitrogens with zero attached hydrogens (tertiary/aromatic N) is 1. The lowest BCUT2D eigenvalue weighted by atomic mass is 9.90. The smallest absolute Gasteiger partial charge is 0.428 e. The second-order valence-electron chi connectivity index (χ2n) is 5.61. The molecule has 0 saturated carbocycles. The SMILES string of the molecule is CCCC(C)(C)C=NNC(=O)OC(C)(C)C. The summed E-state index contributed by atoms with van der Waals surface area (Å²) in [6.07, 6.45) is 3.36. The fraction of sp³-hybridized carbons (Fsp3) is 0.833. The first kappa shape index (κ1) is 14.9. The van der Waals surface area contributed by atoms with Crippen molar-refractivity contribution in [2.75, 3.05) is 0 Å². The molecule has 0 aromatic heterocycles. The normalized spacial score (nSPS) is 12.9. The van der Waals surface area contributed by atoms with Crippen molar-refractivity contribution in [2.45, 2.75) is 60.0 Å². The van der Waals surface area contributed by atoms with E-state index >= 15 is 0 Å². The topological polar surface area (TPSA) is 50.7 Å². The Kier molecular flexibility index (Phi) is 5.48. The molecule has 0 unspecified atom stereocenters. The second-order valence-corrected chi connectivity index (χ2v) is 5.61. The lowest BCUT2D eigenvalue weighted by molar-refractivity contribution is 0.0529. The lowest BCUT2D eigenvalue weighted by Crippen LogP contribution is -2.30. The Hall–Kier alpha value is -1.06. The molecule has 1 N–H and O–H groups in total. The Morgan fingerprint density at radius 1 is 1.31 bits per heavy atom. The standard InChI is InChI=1S/C12H24N2O2/c1-7-8-12(5,6)9-13-14-10(15)16-11(2,3)4/h9H,7-8H2,1-6H3,(H,14,15). The van der Waals surface area contributed by atoms with Crippen molar-refractivity contribution in [2.24, 2.45) is 10.5 Å². The minimum Gasteiger partial charge on any atom is -0.443 e. The van der Waals surface area contributed by atoms with Crippen molar-refractivity contribution in [3.05, 3.63) is 0 Å². The van der Waals surface area contributed by atoms with Gasteiger partial charge in [0.2, 0.25) is 0 Å². The van der Waals surface area contributed by atoms with Gasteiger partial charge in [-0.05, 0) is 27.2 Å². The third-order valence-corrected chi connectivity index (χ3v) is 1.86. The zero-order valence-corrected chi connectivity index (χ0v) is 11.3. The van der Waals surface area contributed by atoms with E-state index in [2.05, 4.69) is 31.3 Å². The molecule has 16 heavy (non-hydrogen) atoms. The molecule has 0 rings (SSSR count). The first-order valence-electron chi connectivity index (χ1n) is 5.69. The van der Waals surface area contributed by atoms with Crippen LogP contribution in [0, 0.1) is 5.41 Å². The summed E-state index contributed by atoms with van der Waals surface area (Å²) in [5.41, 5.74) is 1.88. The van der Waals surface area contributed by atoms with E-state index in [1.54, 1.807) is 6.21 Å². The summed E-state index contributed by atoms with van der Waals surface area (Å²) in [5.74, 6) is 0. The molecule has 0 heterocycles. The number of hydrazone groups is 1. The van der Waals surface area contributed by atoms with Crippen LogP contribution in [0.2, 0.25) is 0 Å². The molecular weight excluding hydrogens is 204 g/mol. The highest BCUT2D eigenvalue weighted by molar-refractivity contribution is 5.71. The lowest BCUT2D eigenvalue weighted by Gasteiger charge is -2.19. The molecule has 1 amide bonds. The first-order valence-corrected chi connectivity index (χ1v) is 5.69. The predicted octanol–water partition coefficient (Wildman–Crippen LogP) is 3.32. The van der Waals surface area contributed by atoms with Crippen LogP contribution in [0.5, 0.6) is 0 Å². The quantitative estimate of drug-likeness (QED) is 0.592. The number of hydrogen-bond donors (Lipinski definition) is 1. The van der Waals surface area contributed by atoms with E-state index in [1.165, 1.54) is 0 Å². The number of carbonyl (C=O) groups excluding carboxylic acids is 1. The van der Waals surface area contributed by atoms with Gasteiger partial charge in [-0.25, -0.2) is 10.2 Å². The van der Waals surface area contributed by atoms with Crippen LogP contribution >= 0.6 is 0 Å². The molecule has 0 aliphatic carbocycles. The van der Waals surface area contributed by atoms with Gasteiger partial charge < -0.3 is 4.74 Å². The summed E-state index contributed by atoms with van der Waals surface area (Å²) in [7, 11) is 0. The number of hydrogen-bond acceptors (Lipinski definition) is 3. The Bertz CT molecular complexity index is 252. The van der Waals surface area contributed by atoms with Gasteiger partial charge >= 0.3 is 6.09 Å². The van der Waals surface area contributed by atoms with E-state index in [-0.39, 0.29) is 5.41 Å². The summed E-state index contributed by atoms with van der Waals surface area (Å²) in [5, 5.41) is 3.90. The van der Waals surface area contributed by atoms with Crippen LogP contribution in [0.4, 0.5) is 4.79 Å². The summed E-state index contributed by atoms with van der Waals surface area (Å²) >= 11 is 0. The van der Waals surface area contributed by atoms with Crippen LogP contribution in [0.15, 0.2) is 5.10 Å². The molecule has 0 aromatic carbocycles. The monoisotopic (exact) mass is 228 g/mol. The number of nitrogens with one attached hydrogen (secondary N) is 1. The Labute approximate surface area is 98.4 Å². The largest absolute Gasteiger partial charge is 0.443 e. The summed E-state index contributed by atoms with van der Waals surface area (Å²) in [6, 6.07) is 0. The van der Waals surface area contributed by atoms with Gasteiger partial charge in [0, 0.05) is 11.6 Å². The maximum absolute atomic E-state index is 11.3. The number of rotatable bonds is 4. The summed E-state index contributed by atoms with van der Waals surface area (Å²) < 4.78 is 5.05. The van der Waals surface area contributed by atoms with Crippen molar-refractivity contribution in [1.82, 2.24) is 5.43 Å². The number of amides is 1. The molecule has 0 bridgehead atoms. The molecule has 0 fully saturated rings. The molecule has 0 spiro atoms. The first-order chi connectivity index (χ1) is 7.16. The van der Waals surface area contributed by atoms with Crippen molar-refractivity contribution in [3.63, 3.8) is 0 Å². The van der Waals surface area contributed by atoms with Crippen molar-refractivity contribution >= 4 is 12.3 Å². The Balaban J connectivity index is 4.05. The maximum Gasteiger partial charge on any atom is 0.428 e. The average Bonchev–Trinajstić information content (AvgIpc) is 1.99. The molecule has 0 radical (unpaired) electrons. The van der Waals surface area contributed by atoms with Crippen LogP contribution in [0.1, 0.15) is 54.4 Å². The van der Waals surface area contributed by atoms with Gasteiger partial charge in [-0.15, -0.1) is 0 Å². The van der Waals surface area contributed by atoms with Crippen LogP contribution in [-0.2, 0) is 4.74 Å². The Morgan fingerprint density at radius 2 is 1.88 bits per heavy atom. The average molecular weight is 228 g/mol. The zero-order chi connectivity index (χ0) is 12.8. The van der Waals surface area contributed by atoms with E-state index in [9.17, 15) is 4.79 Å². The van der Waals surface area contributed by atoms with Crippen LogP contribution in [-0.4, -0.2) is 17.9 Å². The highest BCUT2D eigenvalue weighted by Crippen LogP contribution is 2.18. The van der Waals surface area contributed by atoms with E-state index in [0.29, 0.717) is 0 Å². The van der Waals surface area contributed by atoms with E-state index in [0.717, 1.165) is 12.8 Å². The molecule has 4 heteroatoms. The third-order valence-electron chi connectivity index (χ3n) is 1.86. The molecule has 0 aromatic rings. The summed E-state index contributed by atoms with van der Waals surface area (Å²) in [4.78, 5) is 11.3. The highest BCUT2D eigenvalue weighted by atomic mass is 16.6. The van der Waals surface area contributed by atoms with Gasteiger partial charge in [0.25, 0.3) is 0 Å². The van der Waals surface area contributed by atoms with E-state index in [1.807, 2.05) is 20.8 Å². The number of ether oxygens (including phenoxy) is 1. The second kappa shape index (κ2) is 5.87. The van der Waals surface area contributed by atoms with Crippen molar-refractivity contribution < 1.29 is 9.53 Å². The van der Waals surface area contributed by atoms with Gasteiger partial charge in [0.05, 0.1) is 0 Å². The highest BCUT2D eigenvalue weighted by Gasteiger charge is 2.16. The van der Waals surface area contributed by atoms with Gasteiger partial charge in [0.15, 0.2) is 0 Å². The van der Waals surface area contributed by atoms with E-state index < -0.39 is 11.7 Å². The minimum atomic E-state index is -0.518. The van der Waals surface area contributed by atoms with Crippen LogP contribution in [0.25, 0.3) is 0 Å². The fourth-order valence-corrected chi connectivity index (χ4v) is 1.27. The molecule has 4 nitrogen and oxygen atoms in total. The maximum atomic E-state index is 11.3. The van der Waals surface area contributed by atoms with Gasteiger partial charge in [-0.3, -0.25) is 0 Å². The zero-order valence-electron chi connectivity index (χ0n) is 11.3.